The third kappa shape index (κ3) is 1.19. The van der Waals surface area contributed by atoms with Crippen LogP contribution in [0.25, 0.3) is 5.65 Å². The summed E-state index contributed by atoms with van der Waals surface area (Å²) in [6, 6.07) is 4.15. The van der Waals surface area contributed by atoms with Crippen LogP contribution in [0.1, 0.15) is 24.2 Å². The number of hydrogen-bond donors (Lipinski definition) is 0. The zero-order valence-corrected chi connectivity index (χ0v) is 9.42. The molecule has 0 N–H and O–H groups in total. The maximum absolute atomic E-state index is 4.65. The van der Waals surface area contributed by atoms with E-state index in [0.29, 0.717) is 0 Å². The first-order chi connectivity index (χ1) is 6.84. The van der Waals surface area contributed by atoms with Crippen molar-refractivity contribution < 1.29 is 0 Å². The van der Waals surface area contributed by atoms with E-state index in [4.69, 9.17) is 0 Å². The van der Waals surface area contributed by atoms with Gasteiger partial charge < -0.3 is 4.40 Å². The molecule has 0 aliphatic heterocycles. The Kier molecular flexibility index (Phi) is 1.87. The van der Waals surface area contributed by atoms with Crippen molar-refractivity contribution in [3.8, 4) is 0 Å². The molecule has 2 aromatic heterocycles. The number of aryl methyl sites for hydroxylation is 2. The Bertz CT molecular complexity index is 487. The summed E-state index contributed by atoms with van der Waals surface area (Å²) in [7, 11) is 0. The Morgan fingerprint density at radius 3 is 3.07 bits per heavy atom. The van der Waals surface area contributed by atoms with Crippen molar-refractivity contribution in [3.63, 3.8) is 0 Å². The second kappa shape index (κ2) is 3.09. The predicted molar refractivity (Wildman–Crippen MR) is 59.5 cm³/mol. The maximum atomic E-state index is 4.65. The molecule has 14 heavy (non-hydrogen) atoms. The van der Waals surface area contributed by atoms with E-state index >= 15 is 0 Å². The fourth-order valence-electron chi connectivity index (χ4n) is 2.17. The number of pyridine rings is 1. The molecule has 0 aromatic carbocycles. The first-order valence-electron chi connectivity index (χ1n) is 5.00. The molecule has 0 amide bonds. The van der Waals surface area contributed by atoms with Gasteiger partial charge in [-0.05, 0) is 37.8 Å². The van der Waals surface area contributed by atoms with Gasteiger partial charge in [-0.15, -0.1) is 0 Å². The lowest BCUT2D eigenvalue weighted by molar-refractivity contribution is 0.660. The third-order valence-corrected chi connectivity index (χ3v) is 3.34. The lowest BCUT2D eigenvalue weighted by Gasteiger charge is -2.09. The van der Waals surface area contributed by atoms with E-state index in [1.54, 1.807) is 0 Å². The molecule has 0 fully saturated rings. The Hall–Kier alpha value is -0.830. The summed E-state index contributed by atoms with van der Waals surface area (Å²) in [5, 5.41) is 0. The van der Waals surface area contributed by atoms with E-state index in [9.17, 15) is 0 Å². The summed E-state index contributed by atoms with van der Waals surface area (Å²) in [5.74, 6) is 0. The van der Waals surface area contributed by atoms with Crippen LogP contribution in [0.2, 0.25) is 0 Å². The molecule has 0 atom stereocenters. The molecular formula is C11H11BrN2. The van der Waals surface area contributed by atoms with Gasteiger partial charge >= 0.3 is 0 Å². The first kappa shape index (κ1) is 8.48. The minimum atomic E-state index is 1.08. The zero-order valence-electron chi connectivity index (χ0n) is 7.83. The second-order valence-corrected chi connectivity index (χ2v) is 4.70. The van der Waals surface area contributed by atoms with Crippen molar-refractivity contribution in [2.75, 3.05) is 0 Å². The number of imidazole rings is 1. The Morgan fingerprint density at radius 1 is 1.29 bits per heavy atom. The molecule has 2 aromatic rings. The summed E-state index contributed by atoms with van der Waals surface area (Å²) < 4.78 is 3.33. The van der Waals surface area contributed by atoms with Crippen LogP contribution in [0.3, 0.4) is 0 Å². The smallest absolute Gasteiger partial charge is 0.138 e. The molecule has 3 rings (SSSR count). The Labute approximate surface area is 91.1 Å². The van der Waals surface area contributed by atoms with Crippen molar-refractivity contribution in [2.24, 2.45) is 0 Å². The normalized spacial score (nSPS) is 15.8. The number of hydrogen-bond acceptors (Lipinski definition) is 1. The van der Waals surface area contributed by atoms with E-state index in [1.807, 2.05) is 0 Å². The summed E-state index contributed by atoms with van der Waals surface area (Å²) in [5.41, 5.74) is 3.79. The number of halogens is 1. The van der Waals surface area contributed by atoms with Gasteiger partial charge in [0.2, 0.25) is 0 Å². The van der Waals surface area contributed by atoms with Crippen molar-refractivity contribution in [2.45, 2.75) is 25.7 Å². The second-order valence-electron chi connectivity index (χ2n) is 3.79. The summed E-state index contributed by atoms with van der Waals surface area (Å²) in [6.45, 7) is 0. The highest BCUT2D eigenvalue weighted by molar-refractivity contribution is 9.10. The predicted octanol–water partition coefficient (Wildman–Crippen LogP) is 2.98. The van der Waals surface area contributed by atoms with Gasteiger partial charge in [0, 0.05) is 16.4 Å². The number of nitrogens with zero attached hydrogens (tertiary/aromatic N) is 2. The molecule has 0 radical (unpaired) electrons. The molecule has 2 nitrogen and oxygen atoms in total. The van der Waals surface area contributed by atoms with E-state index in [-0.39, 0.29) is 0 Å². The molecule has 72 valence electrons. The number of rotatable bonds is 0. The zero-order chi connectivity index (χ0) is 9.54. The van der Waals surface area contributed by atoms with Crippen LogP contribution >= 0.6 is 15.9 Å². The molecule has 0 spiro atoms. The van der Waals surface area contributed by atoms with Crippen molar-refractivity contribution in [3.05, 3.63) is 34.2 Å². The fourth-order valence-corrected chi connectivity index (χ4v) is 2.49. The molecule has 0 unspecified atom stereocenters. The average molecular weight is 251 g/mol. The van der Waals surface area contributed by atoms with Crippen LogP contribution in [0.15, 0.2) is 22.8 Å². The van der Waals surface area contributed by atoms with Crippen LogP contribution in [0, 0.1) is 0 Å². The Morgan fingerprint density at radius 2 is 2.14 bits per heavy atom. The standard InChI is InChI=1S/C11H11BrN2/c12-8-5-6-14-10-4-2-1-3-9(10)13-11(14)7-8/h5-7H,1-4H2. The molecule has 0 saturated heterocycles. The van der Waals surface area contributed by atoms with E-state index < -0.39 is 0 Å². The highest BCUT2D eigenvalue weighted by Crippen LogP contribution is 2.23. The van der Waals surface area contributed by atoms with Crippen LogP contribution < -0.4 is 0 Å². The van der Waals surface area contributed by atoms with Gasteiger partial charge in [0.25, 0.3) is 0 Å². The SMILES string of the molecule is Brc1ccn2c3c(nc2c1)CCCC3. The number of fused-ring (bicyclic) bond motifs is 3. The van der Waals surface area contributed by atoms with Gasteiger partial charge in [-0.2, -0.15) is 0 Å². The highest BCUT2D eigenvalue weighted by Gasteiger charge is 2.15. The Balaban J connectivity index is 2.31. The van der Waals surface area contributed by atoms with E-state index in [0.717, 1.165) is 16.5 Å². The summed E-state index contributed by atoms with van der Waals surface area (Å²) in [4.78, 5) is 4.65. The van der Waals surface area contributed by atoms with Crippen molar-refractivity contribution in [1.82, 2.24) is 9.38 Å². The topological polar surface area (TPSA) is 17.3 Å². The van der Waals surface area contributed by atoms with Crippen LogP contribution in [0.5, 0.6) is 0 Å². The minimum Gasteiger partial charge on any atom is -0.304 e. The maximum Gasteiger partial charge on any atom is 0.138 e. The molecule has 0 bridgehead atoms. The fraction of sp³-hybridized carbons (Fsp3) is 0.364. The lowest BCUT2D eigenvalue weighted by Crippen LogP contribution is -2.03. The summed E-state index contributed by atoms with van der Waals surface area (Å²) in [6.07, 6.45) is 7.03. The molecule has 1 aliphatic carbocycles. The largest absolute Gasteiger partial charge is 0.304 e. The monoisotopic (exact) mass is 250 g/mol. The van der Waals surface area contributed by atoms with Crippen molar-refractivity contribution >= 4 is 21.6 Å². The summed E-state index contributed by atoms with van der Waals surface area (Å²) >= 11 is 3.47. The molecule has 1 aliphatic rings. The first-order valence-corrected chi connectivity index (χ1v) is 5.79. The minimum absolute atomic E-state index is 1.08. The van der Waals surface area contributed by atoms with Crippen molar-refractivity contribution in [1.29, 1.82) is 0 Å². The highest BCUT2D eigenvalue weighted by atomic mass is 79.9. The quantitative estimate of drug-likeness (QED) is 0.703. The van der Waals surface area contributed by atoms with Crippen LogP contribution in [-0.4, -0.2) is 9.38 Å². The van der Waals surface area contributed by atoms with Crippen LogP contribution in [0.4, 0.5) is 0 Å². The van der Waals surface area contributed by atoms with Gasteiger partial charge in [0.15, 0.2) is 0 Å². The molecule has 0 saturated carbocycles. The van der Waals surface area contributed by atoms with Gasteiger partial charge in [0.05, 0.1) is 5.69 Å². The average Bonchev–Trinajstić information content (AvgIpc) is 2.54. The van der Waals surface area contributed by atoms with E-state index in [1.165, 1.54) is 30.7 Å². The van der Waals surface area contributed by atoms with Crippen LogP contribution in [-0.2, 0) is 12.8 Å². The lowest BCUT2D eigenvalue weighted by atomic mass is 10.0. The van der Waals surface area contributed by atoms with Gasteiger partial charge in [-0.3, -0.25) is 0 Å². The molecule has 3 heteroatoms. The number of aromatic nitrogens is 2. The van der Waals surface area contributed by atoms with Gasteiger partial charge in [-0.25, -0.2) is 4.98 Å². The van der Waals surface area contributed by atoms with Gasteiger partial charge in [0.1, 0.15) is 5.65 Å². The van der Waals surface area contributed by atoms with Gasteiger partial charge in [-0.1, -0.05) is 15.9 Å². The van der Waals surface area contributed by atoms with E-state index in [2.05, 4.69) is 43.6 Å². The molecule has 2 heterocycles. The molecular weight excluding hydrogens is 240 g/mol. The third-order valence-electron chi connectivity index (χ3n) is 2.85.